The van der Waals surface area contributed by atoms with E-state index in [0.717, 1.165) is 18.1 Å². The summed E-state index contributed by atoms with van der Waals surface area (Å²) in [6.45, 7) is 3.09. The molecule has 2 atom stereocenters. The van der Waals surface area contributed by atoms with Crippen LogP contribution in [0.25, 0.3) is 0 Å². The van der Waals surface area contributed by atoms with E-state index in [1.807, 2.05) is 23.5 Å². The summed E-state index contributed by atoms with van der Waals surface area (Å²) < 4.78 is 0. The third-order valence-electron chi connectivity index (χ3n) is 2.25. The lowest BCUT2D eigenvalue weighted by Crippen LogP contribution is -2.49. The first kappa shape index (κ1) is 10.9. The topological polar surface area (TPSA) is 27.3 Å². The van der Waals surface area contributed by atoms with Crippen LogP contribution in [0, 0.1) is 0 Å². The van der Waals surface area contributed by atoms with E-state index in [1.54, 1.807) is 0 Å². The lowest BCUT2D eigenvalue weighted by Gasteiger charge is -2.22. The molecule has 0 aromatic rings. The highest BCUT2D eigenvalue weighted by atomic mass is 32.2. The van der Waals surface area contributed by atoms with Crippen molar-refractivity contribution in [3.63, 3.8) is 0 Å². The SMILES string of the molecule is CCCNC(=S)NN1[C@H]2CS[C@@H]1CS2. The number of thioether (sulfide) groups is 2. The van der Waals surface area contributed by atoms with Gasteiger partial charge >= 0.3 is 0 Å². The van der Waals surface area contributed by atoms with Crippen LogP contribution < -0.4 is 10.7 Å². The van der Waals surface area contributed by atoms with Gasteiger partial charge in [-0.1, -0.05) is 6.92 Å². The maximum Gasteiger partial charge on any atom is 0.181 e. The zero-order valence-electron chi connectivity index (χ0n) is 8.16. The summed E-state index contributed by atoms with van der Waals surface area (Å²) >= 11 is 9.25. The number of thiocarbonyl (C=S) groups is 1. The maximum absolute atomic E-state index is 5.21. The molecule has 6 heteroatoms. The van der Waals surface area contributed by atoms with Crippen molar-refractivity contribution in [1.82, 2.24) is 15.8 Å². The summed E-state index contributed by atoms with van der Waals surface area (Å²) in [5, 5.41) is 7.48. The van der Waals surface area contributed by atoms with Crippen LogP contribution >= 0.6 is 35.7 Å². The molecule has 0 saturated carbocycles. The van der Waals surface area contributed by atoms with E-state index in [9.17, 15) is 0 Å². The third-order valence-corrected chi connectivity index (χ3v) is 5.48. The van der Waals surface area contributed by atoms with Gasteiger partial charge in [0.2, 0.25) is 0 Å². The molecule has 2 fully saturated rings. The Morgan fingerprint density at radius 2 is 2.07 bits per heavy atom. The van der Waals surface area contributed by atoms with E-state index >= 15 is 0 Å². The van der Waals surface area contributed by atoms with Gasteiger partial charge in [-0.25, -0.2) is 0 Å². The standard InChI is InChI=1S/C8H15N3S3/c1-2-3-9-8(12)10-11-6-4-13-7(11)5-14-6/h6-7H,2-5H2,1H3,(H2,9,10,12)/t6-,7-/m1/s1. The number of fused-ring (bicyclic) bond motifs is 2. The average molecular weight is 249 g/mol. The smallest absolute Gasteiger partial charge is 0.181 e. The predicted molar refractivity (Wildman–Crippen MR) is 68.4 cm³/mol. The van der Waals surface area contributed by atoms with Crippen molar-refractivity contribution in [2.24, 2.45) is 0 Å². The van der Waals surface area contributed by atoms with Crippen molar-refractivity contribution in [3.8, 4) is 0 Å². The number of nitrogens with zero attached hydrogens (tertiary/aromatic N) is 1. The normalized spacial score (nSPS) is 30.6. The molecule has 2 heterocycles. The Morgan fingerprint density at radius 1 is 1.43 bits per heavy atom. The van der Waals surface area contributed by atoms with E-state index in [2.05, 4.69) is 22.7 Å². The number of hydrogen-bond donors (Lipinski definition) is 2. The molecule has 0 spiro atoms. The summed E-state index contributed by atoms with van der Waals surface area (Å²) in [5.74, 6) is 2.44. The molecule has 3 nitrogen and oxygen atoms in total. The third kappa shape index (κ3) is 2.29. The highest BCUT2D eigenvalue weighted by molar-refractivity contribution is 8.07. The van der Waals surface area contributed by atoms with Gasteiger partial charge in [0.1, 0.15) is 0 Å². The second-order valence-electron chi connectivity index (χ2n) is 3.35. The van der Waals surface area contributed by atoms with Crippen LogP contribution in [-0.2, 0) is 0 Å². The molecule has 80 valence electrons. The van der Waals surface area contributed by atoms with Crippen LogP contribution in [-0.4, -0.2) is 38.9 Å². The number of hydrazine groups is 1. The lowest BCUT2D eigenvalue weighted by molar-refractivity contribution is 0.254. The van der Waals surface area contributed by atoms with Gasteiger partial charge in [-0.15, -0.1) is 23.5 Å². The fourth-order valence-corrected chi connectivity index (χ4v) is 4.87. The van der Waals surface area contributed by atoms with Crippen LogP contribution in [0.2, 0.25) is 0 Å². The molecule has 0 radical (unpaired) electrons. The van der Waals surface area contributed by atoms with E-state index in [0.29, 0.717) is 10.7 Å². The second-order valence-corrected chi connectivity index (χ2v) is 6.18. The molecule has 2 saturated heterocycles. The number of hydrogen-bond acceptors (Lipinski definition) is 4. The van der Waals surface area contributed by atoms with Crippen molar-refractivity contribution in [3.05, 3.63) is 0 Å². The highest BCUT2D eigenvalue weighted by Gasteiger charge is 2.41. The highest BCUT2D eigenvalue weighted by Crippen LogP contribution is 2.42. The van der Waals surface area contributed by atoms with E-state index in [4.69, 9.17) is 12.2 Å². The monoisotopic (exact) mass is 249 g/mol. The lowest BCUT2D eigenvalue weighted by atomic mass is 10.5. The van der Waals surface area contributed by atoms with Gasteiger partial charge in [-0.05, 0) is 18.6 Å². The first-order chi connectivity index (χ1) is 6.81. The molecule has 0 amide bonds. The Balaban J connectivity index is 1.77. The molecule has 2 rings (SSSR count). The Hall–Kier alpha value is 0.350. The van der Waals surface area contributed by atoms with E-state index in [1.165, 1.54) is 11.5 Å². The Morgan fingerprint density at radius 3 is 2.57 bits per heavy atom. The minimum Gasteiger partial charge on any atom is -0.362 e. The Labute approximate surface area is 98.7 Å². The van der Waals surface area contributed by atoms with Gasteiger partial charge in [0.15, 0.2) is 5.11 Å². The molecule has 2 aliphatic rings. The molecule has 2 N–H and O–H groups in total. The van der Waals surface area contributed by atoms with Gasteiger partial charge < -0.3 is 5.32 Å². The van der Waals surface area contributed by atoms with Crippen molar-refractivity contribution in [2.45, 2.75) is 24.1 Å². The second kappa shape index (κ2) is 4.92. The molecule has 0 aromatic carbocycles. The molecule has 0 aromatic heterocycles. The predicted octanol–water partition coefficient (Wildman–Crippen LogP) is 1.22. The van der Waals surface area contributed by atoms with E-state index < -0.39 is 0 Å². The minimum atomic E-state index is 0.617. The zero-order chi connectivity index (χ0) is 9.97. The van der Waals surface area contributed by atoms with Crippen LogP contribution in [0.1, 0.15) is 13.3 Å². The number of nitrogens with one attached hydrogen (secondary N) is 2. The largest absolute Gasteiger partial charge is 0.362 e. The summed E-state index contributed by atoms with van der Waals surface area (Å²) in [5.41, 5.74) is 3.29. The number of rotatable bonds is 3. The molecule has 2 bridgehead atoms. The molecule has 14 heavy (non-hydrogen) atoms. The fraction of sp³-hybridized carbons (Fsp3) is 0.875. The van der Waals surface area contributed by atoms with E-state index in [-0.39, 0.29) is 0 Å². The van der Waals surface area contributed by atoms with Gasteiger partial charge in [-0.3, -0.25) is 5.43 Å². The van der Waals surface area contributed by atoms with Crippen molar-refractivity contribution in [2.75, 3.05) is 18.1 Å². The van der Waals surface area contributed by atoms with Crippen LogP contribution in [0.4, 0.5) is 0 Å². The first-order valence-electron chi connectivity index (χ1n) is 4.87. The van der Waals surface area contributed by atoms with Gasteiger partial charge in [-0.2, -0.15) is 5.01 Å². The molecule has 0 aliphatic carbocycles. The van der Waals surface area contributed by atoms with Crippen molar-refractivity contribution >= 4 is 40.9 Å². The Bertz CT molecular complexity index is 204. The van der Waals surface area contributed by atoms with Crippen molar-refractivity contribution in [1.29, 1.82) is 0 Å². The summed E-state index contributed by atoms with van der Waals surface area (Å²) in [6.07, 6.45) is 1.11. The fourth-order valence-electron chi connectivity index (χ4n) is 1.53. The maximum atomic E-state index is 5.21. The van der Waals surface area contributed by atoms with Crippen LogP contribution in [0.5, 0.6) is 0 Å². The first-order valence-corrected chi connectivity index (χ1v) is 7.38. The van der Waals surface area contributed by atoms with Crippen LogP contribution in [0.3, 0.4) is 0 Å². The summed E-state index contributed by atoms with van der Waals surface area (Å²) in [4.78, 5) is 0. The van der Waals surface area contributed by atoms with Crippen molar-refractivity contribution < 1.29 is 0 Å². The average Bonchev–Trinajstić information content (AvgIpc) is 2.75. The molecule has 0 unspecified atom stereocenters. The minimum absolute atomic E-state index is 0.617. The Kier molecular flexibility index (Phi) is 3.81. The molecule has 2 aliphatic heterocycles. The summed E-state index contributed by atoms with van der Waals surface area (Å²) in [6, 6.07) is 0. The molecular weight excluding hydrogens is 234 g/mol. The molecular formula is C8H15N3S3. The van der Waals surface area contributed by atoms with Gasteiger partial charge in [0, 0.05) is 18.1 Å². The van der Waals surface area contributed by atoms with Gasteiger partial charge in [0.05, 0.1) is 10.7 Å². The van der Waals surface area contributed by atoms with Gasteiger partial charge in [0.25, 0.3) is 0 Å². The quantitative estimate of drug-likeness (QED) is 0.731. The van der Waals surface area contributed by atoms with Crippen LogP contribution in [0.15, 0.2) is 0 Å². The zero-order valence-corrected chi connectivity index (χ0v) is 10.6. The summed E-state index contributed by atoms with van der Waals surface area (Å²) in [7, 11) is 0.